The molecule has 0 atom stereocenters. The van der Waals surface area contributed by atoms with Gasteiger partial charge in [-0.3, -0.25) is 4.79 Å². The molecule has 0 fully saturated rings. The van der Waals surface area contributed by atoms with Gasteiger partial charge in [-0.05, 0) is 36.2 Å². The number of nitrogens with zero attached hydrogens (tertiary/aromatic N) is 1. The minimum absolute atomic E-state index is 0.00150. The molecule has 4 nitrogen and oxygen atoms in total. The summed E-state index contributed by atoms with van der Waals surface area (Å²) >= 11 is 0. The lowest BCUT2D eigenvalue weighted by molar-refractivity contribution is 0.0750. The van der Waals surface area contributed by atoms with Gasteiger partial charge in [0, 0.05) is 18.8 Å². The number of nitrogens with two attached hydrogens (primary N) is 1. The zero-order valence-electron chi connectivity index (χ0n) is 10.1. The molecule has 1 aromatic carbocycles. The number of furan rings is 1. The molecule has 1 amide bonds. The fourth-order valence-corrected chi connectivity index (χ4v) is 2.30. The molecule has 1 aliphatic rings. The van der Waals surface area contributed by atoms with Crippen LogP contribution < -0.4 is 5.73 Å². The molecule has 0 saturated carbocycles. The second-order valence-corrected chi connectivity index (χ2v) is 4.64. The number of benzene rings is 1. The van der Waals surface area contributed by atoms with Gasteiger partial charge >= 0.3 is 0 Å². The van der Waals surface area contributed by atoms with Crippen molar-refractivity contribution in [3.05, 3.63) is 53.0 Å². The summed E-state index contributed by atoms with van der Waals surface area (Å²) in [6.45, 7) is 3.08. The van der Waals surface area contributed by atoms with Crippen molar-refractivity contribution >= 4 is 11.6 Å². The number of hydrogen-bond acceptors (Lipinski definition) is 3. The minimum Gasteiger partial charge on any atom is -0.469 e. The van der Waals surface area contributed by atoms with Crippen molar-refractivity contribution < 1.29 is 9.21 Å². The highest BCUT2D eigenvalue weighted by molar-refractivity contribution is 5.94. The smallest absolute Gasteiger partial charge is 0.257 e. The van der Waals surface area contributed by atoms with Crippen molar-refractivity contribution in [1.29, 1.82) is 0 Å². The summed E-state index contributed by atoms with van der Waals surface area (Å²) in [5, 5.41) is 0. The van der Waals surface area contributed by atoms with Crippen LogP contribution in [0, 0.1) is 6.92 Å². The van der Waals surface area contributed by atoms with Gasteiger partial charge in [0.25, 0.3) is 5.91 Å². The molecule has 2 aromatic rings. The van der Waals surface area contributed by atoms with Crippen LogP contribution in [0.3, 0.4) is 0 Å². The molecule has 18 heavy (non-hydrogen) atoms. The molecule has 1 aliphatic heterocycles. The van der Waals surface area contributed by atoms with Gasteiger partial charge in [0.15, 0.2) is 0 Å². The van der Waals surface area contributed by atoms with E-state index in [-0.39, 0.29) is 5.91 Å². The lowest BCUT2D eigenvalue weighted by atomic mass is 10.1. The number of carbonyl (C=O) groups excluding carboxylic acids is 1. The van der Waals surface area contributed by atoms with Crippen molar-refractivity contribution in [2.24, 2.45) is 0 Å². The van der Waals surface area contributed by atoms with Crippen LogP contribution in [0.5, 0.6) is 0 Å². The van der Waals surface area contributed by atoms with Crippen LogP contribution in [0.2, 0.25) is 0 Å². The van der Waals surface area contributed by atoms with Gasteiger partial charge in [-0.25, -0.2) is 0 Å². The summed E-state index contributed by atoms with van der Waals surface area (Å²) < 4.78 is 5.17. The minimum atomic E-state index is 0.00150. The number of rotatable bonds is 1. The van der Waals surface area contributed by atoms with Crippen molar-refractivity contribution in [3.63, 3.8) is 0 Å². The van der Waals surface area contributed by atoms with Crippen molar-refractivity contribution in [2.45, 2.75) is 20.0 Å². The zero-order chi connectivity index (χ0) is 12.7. The summed E-state index contributed by atoms with van der Waals surface area (Å²) in [7, 11) is 0. The summed E-state index contributed by atoms with van der Waals surface area (Å²) in [5.74, 6) is 0.751. The lowest BCUT2D eigenvalue weighted by Gasteiger charge is -2.13. The highest BCUT2D eigenvalue weighted by Crippen LogP contribution is 2.26. The van der Waals surface area contributed by atoms with E-state index in [2.05, 4.69) is 0 Å². The van der Waals surface area contributed by atoms with Gasteiger partial charge in [0.05, 0.1) is 5.56 Å². The fourth-order valence-electron chi connectivity index (χ4n) is 2.30. The van der Waals surface area contributed by atoms with Gasteiger partial charge in [-0.2, -0.15) is 0 Å². The molecule has 1 aromatic heterocycles. The monoisotopic (exact) mass is 242 g/mol. The first-order valence-corrected chi connectivity index (χ1v) is 5.85. The Morgan fingerprint density at radius 1 is 1.28 bits per heavy atom. The quantitative estimate of drug-likeness (QED) is 0.781. The van der Waals surface area contributed by atoms with Crippen LogP contribution in [0.25, 0.3) is 0 Å². The predicted octanol–water partition coefficient (Wildman–Crippen LogP) is 2.33. The van der Waals surface area contributed by atoms with E-state index in [1.165, 1.54) is 6.26 Å². The molecular weight excluding hydrogens is 228 g/mol. The number of hydrogen-bond donors (Lipinski definition) is 1. The second kappa shape index (κ2) is 3.91. The molecule has 0 aliphatic carbocycles. The Morgan fingerprint density at radius 3 is 2.78 bits per heavy atom. The van der Waals surface area contributed by atoms with Gasteiger partial charge < -0.3 is 15.1 Å². The molecule has 0 saturated heterocycles. The van der Waals surface area contributed by atoms with Crippen molar-refractivity contribution in [3.8, 4) is 0 Å². The third-order valence-corrected chi connectivity index (χ3v) is 3.22. The van der Waals surface area contributed by atoms with E-state index < -0.39 is 0 Å². The molecular formula is C14H14N2O2. The average molecular weight is 242 g/mol. The van der Waals surface area contributed by atoms with Crippen LogP contribution in [0.1, 0.15) is 27.2 Å². The Hall–Kier alpha value is -2.23. The first-order chi connectivity index (χ1) is 8.63. The van der Waals surface area contributed by atoms with Crippen LogP contribution in [0.4, 0.5) is 5.69 Å². The number of amides is 1. The molecule has 0 bridgehead atoms. The van der Waals surface area contributed by atoms with Gasteiger partial charge in [0.2, 0.25) is 0 Å². The third-order valence-electron chi connectivity index (χ3n) is 3.22. The summed E-state index contributed by atoms with van der Waals surface area (Å²) in [6.07, 6.45) is 1.51. The van der Waals surface area contributed by atoms with E-state index in [1.807, 2.05) is 25.1 Å². The normalized spacial score (nSPS) is 13.7. The van der Waals surface area contributed by atoms with E-state index in [4.69, 9.17) is 10.2 Å². The second-order valence-electron chi connectivity index (χ2n) is 4.64. The van der Waals surface area contributed by atoms with E-state index >= 15 is 0 Å². The van der Waals surface area contributed by atoms with E-state index in [9.17, 15) is 4.79 Å². The maximum Gasteiger partial charge on any atom is 0.257 e. The Kier molecular flexibility index (Phi) is 2.37. The van der Waals surface area contributed by atoms with E-state index in [1.54, 1.807) is 11.0 Å². The molecule has 4 heteroatoms. The predicted molar refractivity (Wildman–Crippen MR) is 67.9 cm³/mol. The first-order valence-electron chi connectivity index (χ1n) is 5.85. The summed E-state index contributed by atoms with van der Waals surface area (Å²) in [4.78, 5) is 14.0. The number of nitrogen functional groups attached to an aromatic ring is 1. The maximum atomic E-state index is 12.2. The first kappa shape index (κ1) is 10.9. The number of fused-ring (bicyclic) bond motifs is 1. The van der Waals surface area contributed by atoms with E-state index in [0.29, 0.717) is 18.7 Å². The van der Waals surface area contributed by atoms with Gasteiger partial charge in [-0.1, -0.05) is 6.07 Å². The number of anilines is 1. The van der Waals surface area contributed by atoms with Crippen LogP contribution in [-0.2, 0) is 13.1 Å². The molecule has 3 rings (SSSR count). The lowest BCUT2D eigenvalue weighted by Crippen LogP contribution is -2.24. The van der Waals surface area contributed by atoms with Crippen LogP contribution in [-0.4, -0.2) is 10.8 Å². The molecule has 0 unspecified atom stereocenters. The Bertz CT molecular complexity index is 616. The Labute approximate surface area is 105 Å². The molecule has 0 spiro atoms. The SMILES string of the molecule is Cc1cc(C(=O)N2Cc3ccc(N)cc3C2)co1. The van der Waals surface area contributed by atoms with Gasteiger partial charge in [-0.15, -0.1) is 0 Å². The van der Waals surface area contributed by atoms with Crippen LogP contribution in [0.15, 0.2) is 34.9 Å². The molecule has 0 radical (unpaired) electrons. The van der Waals surface area contributed by atoms with Gasteiger partial charge in [0.1, 0.15) is 12.0 Å². The molecule has 2 N–H and O–H groups in total. The van der Waals surface area contributed by atoms with Crippen molar-refractivity contribution in [2.75, 3.05) is 5.73 Å². The summed E-state index contributed by atoms with van der Waals surface area (Å²) in [6, 6.07) is 7.55. The highest BCUT2D eigenvalue weighted by Gasteiger charge is 2.25. The Morgan fingerprint density at radius 2 is 2.06 bits per heavy atom. The molecule has 2 heterocycles. The fraction of sp³-hybridized carbons (Fsp3) is 0.214. The standard InChI is InChI=1S/C14H14N2O2/c1-9-4-12(8-18-9)14(17)16-6-10-2-3-13(15)5-11(10)7-16/h2-5,8H,6-7,15H2,1H3. The topological polar surface area (TPSA) is 59.5 Å². The molecule has 92 valence electrons. The Balaban J connectivity index is 1.83. The maximum absolute atomic E-state index is 12.2. The summed E-state index contributed by atoms with van der Waals surface area (Å²) in [5.41, 5.74) is 9.38. The zero-order valence-corrected chi connectivity index (χ0v) is 10.1. The van der Waals surface area contributed by atoms with E-state index in [0.717, 1.165) is 22.6 Å². The van der Waals surface area contributed by atoms with Crippen LogP contribution >= 0.6 is 0 Å². The third kappa shape index (κ3) is 1.76. The number of carbonyl (C=O) groups is 1. The number of aryl methyl sites for hydroxylation is 1. The highest BCUT2D eigenvalue weighted by atomic mass is 16.3. The largest absolute Gasteiger partial charge is 0.469 e. The van der Waals surface area contributed by atoms with Crippen molar-refractivity contribution in [1.82, 2.24) is 4.90 Å². The average Bonchev–Trinajstić information content (AvgIpc) is 2.93.